The fourth-order valence-corrected chi connectivity index (χ4v) is 4.20. The molecule has 0 amide bonds. The molecule has 0 bridgehead atoms. The van der Waals surface area contributed by atoms with Gasteiger partial charge in [-0.2, -0.15) is 0 Å². The van der Waals surface area contributed by atoms with Gasteiger partial charge in [0.2, 0.25) is 0 Å². The molecule has 0 aromatic carbocycles. The summed E-state index contributed by atoms with van der Waals surface area (Å²) in [5.74, 6) is 5.15. The number of methoxy groups -OCH3 is 1. The topological polar surface area (TPSA) is 83.5 Å². The van der Waals surface area contributed by atoms with E-state index in [0.29, 0.717) is 6.42 Å². The molecule has 0 saturated carbocycles. The van der Waals surface area contributed by atoms with Gasteiger partial charge in [-0.3, -0.25) is 4.79 Å². The van der Waals surface area contributed by atoms with Gasteiger partial charge in [-0.1, -0.05) is 11.8 Å². The molecule has 2 fully saturated rings. The third kappa shape index (κ3) is 6.66. The first-order valence-electron chi connectivity index (χ1n) is 10.9. The molecule has 2 rings (SSSR count). The number of rotatable bonds is 9. The van der Waals surface area contributed by atoms with Gasteiger partial charge in [-0.05, 0) is 53.4 Å². The summed E-state index contributed by atoms with van der Waals surface area (Å²) >= 11 is 0. The van der Waals surface area contributed by atoms with Crippen molar-refractivity contribution in [2.75, 3.05) is 20.5 Å². The summed E-state index contributed by atoms with van der Waals surface area (Å²) in [5, 5.41) is 10.5. The fraction of sp³-hybridized carbons (Fsp3) is 0.870. The smallest absolute Gasteiger partial charge is 0.303 e. The van der Waals surface area contributed by atoms with Gasteiger partial charge in [0.25, 0.3) is 0 Å². The fourth-order valence-electron chi connectivity index (χ4n) is 4.20. The molecular formula is C23H38O7. The zero-order valence-electron chi connectivity index (χ0n) is 19.2. The predicted octanol–water partition coefficient (Wildman–Crippen LogP) is 2.82. The van der Waals surface area contributed by atoms with Gasteiger partial charge >= 0.3 is 5.97 Å². The molecule has 0 spiro atoms. The van der Waals surface area contributed by atoms with Crippen LogP contribution < -0.4 is 0 Å². The van der Waals surface area contributed by atoms with Gasteiger partial charge in [0, 0.05) is 26.4 Å². The second-order valence-corrected chi connectivity index (χ2v) is 8.96. The predicted molar refractivity (Wildman–Crippen MR) is 112 cm³/mol. The van der Waals surface area contributed by atoms with E-state index in [-0.39, 0.29) is 54.8 Å². The Labute approximate surface area is 180 Å². The third-order valence-electron chi connectivity index (χ3n) is 6.45. The maximum atomic E-state index is 10.8. The van der Waals surface area contributed by atoms with Crippen molar-refractivity contribution in [2.24, 2.45) is 5.92 Å². The molecule has 1 N–H and O–H groups in total. The molecule has 0 aromatic rings. The number of carbonyl (C=O) groups is 1. The van der Waals surface area contributed by atoms with Crippen LogP contribution in [0.5, 0.6) is 0 Å². The van der Waals surface area contributed by atoms with Crippen LogP contribution in [-0.2, 0) is 28.5 Å². The van der Waals surface area contributed by atoms with Crippen molar-refractivity contribution in [3.8, 4) is 11.8 Å². The minimum absolute atomic E-state index is 0.000757. The Bertz CT molecular complexity index is 627. The van der Waals surface area contributed by atoms with E-state index in [1.807, 2.05) is 13.8 Å². The molecule has 0 unspecified atom stereocenters. The Kier molecular flexibility index (Phi) is 9.13. The summed E-state index contributed by atoms with van der Waals surface area (Å²) in [7, 11) is 1.61. The second kappa shape index (κ2) is 10.9. The van der Waals surface area contributed by atoms with Crippen molar-refractivity contribution in [1.82, 2.24) is 0 Å². The van der Waals surface area contributed by atoms with Gasteiger partial charge < -0.3 is 28.8 Å². The average Bonchev–Trinajstić information content (AvgIpc) is 3.28. The minimum atomic E-state index is -0.598. The molecule has 0 radical (unpaired) electrons. The first-order valence-corrected chi connectivity index (χ1v) is 10.9. The molecule has 0 aliphatic carbocycles. The Balaban J connectivity index is 1.84. The van der Waals surface area contributed by atoms with E-state index < -0.39 is 6.10 Å². The summed E-state index contributed by atoms with van der Waals surface area (Å²) < 4.78 is 28.4. The number of aliphatic hydroxyl groups excluding tert-OH is 1. The Morgan fingerprint density at radius 1 is 1.23 bits per heavy atom. The van der Waals surface area contributed by atoms with Gasteiger partial charge in [-0.25, -0.2) is 0 Å². The van der Waals surface area contributed by atoms with Crippen molar-refractivity contribution in [3.63, 3.8) is 0 Å². The SMILES string of the molecule is COCO[C@H](C)[C@]1(C)CC[C@H]([C@]2(C)CC[C@@H](C[C@H](O)[C@H](C)C#CCOC(C)=O)O2)O1. The molecule has 2 heterocycles. The molecule has 0 aromatic heterocycles. The lowest BCUT2D eigenvalue weighted by atomic mass is 9.91. The summed E-state index contributed by atoms with van der Waals surface area (Å²) in [5.41, 5.74) is -0.730. The van der Waals surface area contributed by atoms with E-state index >= 15 is 0 Å². The van der Waals surface area contributed by atoms with Crippen molar-refractivity contribution in [2.45, 2.75) is 102 Å². The lowest BCUT2D eigenvalue weighted by molar-refractivity contribution is -0.194. The maximum Gasteiger partial charge on any atom is 0.303 e. The highest BCUT2D eigenvalue weighted by Crippen LogP contribution is 2.45. The lowest BCUT2D eigenvalue weighted by Crippen LogP contribution is -2.45. The normalized spacial score (nSPS) is 34.1. The number of esters is 1. The molecule has 7 atom stereocenters. The lowest BCUT2D eigenvalue weighted by Gasteiger charge is -2.36. The molecule has 2 aliphatic heterocycles. The Morgan fingerprint density at radius 3 is 2.63 bits per heavy atom. The zero-order chi connectivity index (χ0) is 22.4. The summed E-state index contributed by atoms with van der Waals surface area (Å²) in [6, 6.07) is 0. The van der Waals surface area contributed by atoms with Gasteiger partial charge in [0.1, 0.15) is 6.79 Å². The average molecular weight is 427 g/mol. The van der Waals surface area contributed by atoms with Crippen LogP contribution >= 0.6 is 0 Å². The quantitative estimate of drug-likeness (QED) is 0.345. The molecule has 30 heavy (non-hydrogen) atoms. The molecule has 2 saturated heterocycles. The number of carbonyl (C=O) groups excluding carboxylic acids is 1. The first-order chi connectivity index (χ1) is 14.1. The standard InChI is InChI=1S/C23H38O7/c1-16(8-7-13-27-18(3)24)20(25)14-19-9-11-23(5,29-19)21-10-12-22(4,30-21)17(2)28-15-26-6/h16-17,19-21,25H,9-15H2,1-6H3/t16-,17-,19+,20+,21-,22+,23+/m1/s1. The third-order valence-corrected chi connectivity index (χ3v) is 6.45. The summed E-state index contributed by atoms with van der Waals surface area (Å²) in [6.07, 6.45) is 3.43. The number of hydrogen-bond donors (Lipinski definition) is 1. The van der Waals surface area contributed by atoms with E-state index in [1.54, 1.807) is 7.11 Å². The van der Waals surface area contributed by atoms with Gasteiger partial charge in [0.05, 0.1) is 35.6 Å². The molecule has 172 valence electrons. The van der Waals surface area contributed by atoms with Crippen molar-refractivity contribution in [3.05, 3.63) is 0 Å². The monoisotopic (exact) mass is 426 g/mol. The van der Waals surface area contributed by atoms with Crippen LogP contribution in [0.4, 0.5) is 0 Å². The number of ether oxygens (including phenoxy) is 5. The highest BCUT2D eigenvalue weighted by atomic mass is 16.7. The number of aliphatic hydroxyl groups is 1. The summed E-state index contributed by atoms with van der Waals surface area (Å²) in [4.78, 5) is 10.8. The van der Waals surface area contributed by atoms with E-state index in [1.165, 1.54) is 6.92 Å². The van der Waals surface area contributed by atoms with Crippen LogP contribution in [0.2, 0.25) is 0 Å². The molecule has 2 aliphatic rings. The Hall–Kier alpha value is -1.17. The number of hydrogen-bond acceptors (Lipinski definition) is 7. The van der Waals surface area contributed by atoms with Gasteiger partial charge in [-0.15, -0.1) is 0 Å². The van der Waals surface area contributed by atoms with E-state index in [4.69, 9.17) is 23.7 Å². The van der Waals surface area contributed by atoms with Crippen molar-refractivity contribution < 1.29 is 33.6 Å². The largest absolute Gasteiger partial charge is 0.453 e. The van der Waals surface area contributed by atoms with Crippen molar-refractivity contribution in [1.29, 1.82) is 0 Å². The van der Waals surface area contributed by atoms with E-state index in [0.717, 1.165) is 25.7 Å². The minimum Gasteiger partial charge on any atom is -0.453 e. The Morgan fingerprint density at radius 2 is 1.97 bits per heavy atom. The van der Waals surface area contributed by atoms with E-state index in [9.17, 15) is 9.90 Å². The molecular weight excluding hydrogens is 388 g/mol. The van der Waals surface area contributed by atoms with Crippen LogP contribution in [0, 0.1) is 17.8 Å². The van der Waals surface area contributed by atoms with Crippen molar-refractivity contribution >= 4 is 5.97 Å². The maximum absolute atomic E-state index is 10.8. The molecule has 7 heteroatoms. The summed E-state index contributed by atoms with van der Waals surface area (Å²) in [6.45, 7) is 9.73. The van der Waals surface area contributed by atoms with Crippen LogP contribution in [0.1, 0.15) is 66.7 Å². The zero-order valence-corrected chi connectivity index (χ0v) is 19.2. The van der Waals surface area contributed by atoms with Gasteiger partial charge in [0.15, 0.2) is 6.61 Å². The first kappa shape index (κ1) is 25.1. The highest BCUT2D eigenvalue weighted by molar-refractivity contribution is 5.66. The van der Waals surface area contributed by atoms with Crippen LogP contribution in [0.25, 0.3) is 0 Å². The van der Waals surface area contributed by atoms with Crippen LogP contribution in [0.3, 0.4) is 0 Å². The van der Waals surface area contributed by atoms with Crippen LogP contribution in [0.15, 0.2) is 0 Å². The van der Waals surface area contributed by atoms with Crippen LogP contribution in [-0.4, -0.2) is 67.2 Å². The highest BCUT2D eigenvalue weighted by Gasteiger charge is 2.51. The second-order valence-electron chi connectivity index (χ2n) is 8.96. The molecule has 7 nitrogen and oxygen atoms in total. The van der Waals surface area contributed by atoms with E-state index in [2.05, 4.69) is 25.7 Å².